The minimum absolute atomic E-state index is 0.0979. The van der Waals surface area contributed by atoms with Gasteiger partial charge in [0.2, 0.25) is 0 Å². The molecular formula is C14H16ClN3O5. The smallest absolute Gasteiger partial charge is 0.180 e. The van der Waals surface area contributed by atoms with E-state index in [0.717, 1.165) is 0 Å². The summed E-state index contributed by atoms with van der Waals surface area (Å²) in [5, 5.41) is 37.5. The lowest BCUT2D eigenvalue weighted by atomic mass is 10.0. The average molecular weight is 342 g/mol. The molecule has 0 radical (unpaired) electrons. The molecule has 3 rings (SSSR count). The first-order valence-electron chi connectivity index (χ1n) is 6.99. The highest BCUT2D eigenvalue weighted by Crippen LogP contribution is 2.23. The molecule has 8 nitrogen and oxygen atoms in total. The van der Waals surface area contributed by atoms with Crippen LogP contribution in [0.5, 0.6) is 5.75 Å². The highest BCUT2D eigenvalue weighted by molar-refractivity contribution is 6.30. The molecule has 1 aliphatic heterocycles. The standard InChI is InChI=1S/C14H16ClN3O5/c15-8-1-3-10(4-2-8)22-6-9-5-18(17-16-9)14-13(21)12(20)11(19)7-23-14/h1-5,11-14,19-21H,6-7H2/t11-,12+,13-,14-/m1/s1. The summed E-state index contributed by atoms with van der Waals surface area (Å²) in [5.74, 6) is 0.636. The Morgan fingerprint density at radius 2 is 1.96 bits per heavy atom. The summed E-state index contributed by atoms with van der Waals surface area (Å²) >= 11 is 5.80. The molecule has 4 atom stereocenters. The summed E-state index contributed by atoms with van der Waals surface area (Å²) in [7, 11) is 0. The van der Waals surface area contributed by atoms with E-state index in [1.807, 2.05) is 0 Å². The van der Waals surface area contributed by atoms with Crippen molar-refractivity contribution in [2.24, 2.45) is 0 Å². The molecule has 23 heavy (non-hydrogen) atoms. The van der Waals surface area contributed by atoms with Crippen molar-refractivity contribution in [2.45, 2.75) is 31.1 Å². The fourth-order valence-electron chi connectivity index (χ4n) is 2.22. The van der Waals surface area contributed by atoms with E-state index in [1.165, 1.54) is 4.68 Å². The SMILES string of the molecule is O[C@@H]1[C@@H](O)[C@H](n2cc(COc3ccc(Cl)cc3)nn2)OC[C@H]1O. The highest BCUT2D eigenvalue weighted by Gasteiger charge is 2.39. The lowest BCUT2D eigenvalue weighted by Gasteiger charge is -2.34. The minimum atomic E-state index is -1.30. The van der Waals surface area contributed by atoms with Gasteiger partial charge in [-0.05, 0) is 24.3 Å². The first-order chi connectivity index (χ1) is 11.0. The van der Waals surface area contributed by atoms with Crippen molar-refractivity contribution in [3.8, 4) is 5.75 Å². The number of benzene rings is 1. The molecular weight excluding hydrogens is 326 g/mol. The lowest BCUT2D eigenvalue weighted by molar-refractivity contribution is -0.214. The Morgan fingerprint density at radius 3 is 2.70 bits per heavy atom. The number of nitrogens with zero attached hydrogens (tertiary/aromatic N) is 3. The second-order valence-electron chi connectivity index (χ2n) is 5.20. The van der Waals surface area contributed by atoms with Gasteiger partial charge in [-0.1, -0.05) is 16.8 Å². The van der Waals surface area contributed by atoms with Crippen molar-refractivity contribution >= 4 is 11.6 Å². The summed E-state index contributed by atoms with van der Waals surface area (Å²) in [6.07, 6.45) is -3.09. The molecule has 124 valence electrons. The van der Waals surface area contributed by atoms with Crippen molar-refractivity contribution in [3.63, 3.8) is 0 Å². The van der Waals surface area contributed by atoms with Gasteiger partial charge in [-0.3, -0.25) is 0 Å². The number of aromatic nitrogens is 3. The van der Waals surface area contributed by atoms with Crippen molar-refractivity contribution in [1.82, 2.24) is 15.0 Å². The Bertz CT molecular complexity index is 650. The molecule has 1 fully saturated rings. The van der Waals surface area contributed by atoms with E-state index in [-0.39, 0.29) is 13.2 Å². The van der Waals surface area contributed by atoms with Crippen LogP contribution in [0, 0.1) is 0 Å². The summed E-state index contributed by atoms with van der Waals surface area (Å²) in [4.78, 5) is 0. The number of ether oxygens (including phenoxy) is 2. The molecule has 0 aliphatic carbocycles. The van der Waals surface area contributed by atoms with Crippen LogP contribution >= 0.6 is 11.6 Å². The van der Waals surface area contributed by atoms with Gasteiger partial charge < -0.3 is 24.8 Å². The van der Waals surface area contributed by atoms with E-state index >= 15 is 0 Å². The van der Waals surface area contributed by atoms with Gasteiger partial charge in [0.25, 0.3) is 0 Å². The first-order valence-corrected chi connectivity index (χ1v) is 7.37. The zero-order valence-corrected chi connectivity index (χ0v) is 12.7. The van der Waals surface area contributed by atoms with Crippen molar-refractivity contribution in [2.75, 3.05) is 6.61 Å². The van der Waals surface area contributed by atoms with Gasteiger partial charge in [0.05, 0.1) is 12.8 Å². The first kappa shape index (κ1) is 16.2. The zero-order chi connectivity index (χ0) is 16.4. The monoisotopic (exact) mass is 341 g/mol. The van der Waals surface area contributed by atoms with Crippen molar-refractivity contribution in [1.29, 1.82) is 0 Å². The molecule has 2 aromatic rings. The summed E-state index contributed by atoms with van der Waals surface area (Å²) in [6, 6.07) is 6.90. The van der Waals surface area contributed by atoms with E-state index < -0.39 is 24.5 Å². The summed E-state index contributed by atoms with van der Waals surface area (Å²) in [5.41, 5.74) is 0.524. The fraction of sp³-hybridized carbons (Fsp3) is 0.429. The molecule has 0 unspecified atom stereocenters. The maximum absolute atomic E-state index is 9.94. The number of hydrogen-bond acceptors (Lipinski definition) is 7. The Kier molecular flexibility index (Phi) is 4.79. The maximum Gasteiger partial charge on any atom is 0.180 e. The third kappa shape index (κ3) is 3.62. The highest BCUT2D eigenvalue weighted by atomic mass is 35.5. The van der Waals surface area contributed by atoms with Gasteiger partial charge in [-0.15, -0.1) is 5.10 Å². The van der Waals surface area contributed by atoms with Crippen LogP contribution in [-0.4, -0.2) is 55.2 Å². The second kappa shape index (κ2) is 6.81. The Labute approximate surface area is 136 Å². The number of halogens is 1. The molecule has 1 saturated heterocycles. The van der Waals surface area contributed by atoms with E-state index in [2.05, 4.69) is 10.3 Å². The summed E-state index contributed by atoms with van der Waals surface area (Å²) in [6.45, 7) is 0.0784. The lowest BCUT2D eigenvalue weighted by Crippen LogP contribution is -2.50. The van der Waals surface area contributed by atoms with Crippen LogP contribution in [0.1, 0.15) is 11.9 Å². The molecule has 1 aromatic heterocycles. The fourth-order valence-corrected chi connectivity index (χ4v) is 2.34. The van der Waals surface area contributed by atoms with Gasteiger partial charge in [-0.2, -0.15) is 0 Å². The van der Waals surface area contributed by atoms with Crippen LogP contribution in [0.25, 0.3) is 0 Å². The molecule has 0 saturated carbocycles. The maximum atomic E-state index is 9.94. The van der Waals surface area contributed by atoms with Crippen LogP contribution in [0.3, 0.4) is 0 Å². The molecule has 1 aliphatic rings. The van der Waals surface area contributed by atoms with Gasteiger partial charge in [-0.25, -0.2) is 4.68 Å². The predicted octanol–water partition coefficient (Wildman–Crippen LogP) is 0.122. The Hall–Kier alpha value is -1.71. The molecule has 0 amide bonds. The van der Waals surface area contributed by atoms with Crippen LogP contribution in [-0.2, 0) is 11.3 Å². The van der Waals surface area contributed by atoms with Crippen LogP contribution in [0.2, 0.25) is 5.02 Å². The molecule has 1 aromatic carbocycles. The normalized spacial score (nSPS) is 27.8. The van der Waals surface area contributed by atoms with Crippen LogP contribution < -0.4 is 4.74 Å². The quantitative estimate of drug-likeness (QED) is 0.724. The van der Waals surface area contributed by atoms with Gasteiger partial charge in [0, 0.05) is 5.02 Å². The summed E-state index contributed by atoms with van der Waals surface area (Å²) < 4.78 is 12.1. The van der Waals surface area contributed by atoms with Crippen LogP contribution in [0.4, 0.5) is 0 Å². The third-order valence-corrected chi connectivity index (χ3v) is 3.74. The minimum Gasteiger partial charge on any atom is -0.487 e. The molecule has 0 bridgehead atoms. The van der Waals surface area contributed by atoms with E-state index in [9.17, 15) is 15.3 Å². The number of aliphatic hydroxyl groups is 3. The Balaban J connectivity index is 1.62. The van der Waals surface area contributed by atoms with Crippen molar-refractivity contribution < 1.29 is 24.8 Å². The number of aliphatic hydroxyl groups excluding tert-OH is 3. The predicted molar refractivity (Wildman–Crippen MR) is 78.8 cm³/mol. The van der Waals surface area contributed by atoms with Crippen molar-refractivity contribution in [3.05, 3.63) is 41.2 Å². The molecule has 2 heterocycles. The van der Waals surface area contributed by atoms with E-state index in [1.54, 1.807) is 30.5 Å². The Morgan fingerprint density at radius 1 is 1.22 bits per heavy atom. The average Bonchev–Trinajstić information content (AvgIpc) is 3.01. The number of hydrogen-bond donors (Lipinski definition) is 3. The molecule has 9 heteroatoms. The molecule has 3 N–H and O–H groups in total. The van der Waals surface area contributed by atoms with Gasteiger partial charge >= 0.3 is 0 Å². The van der Waals surface area contributed by atoms with E-state index in [4.69, 9.17) is 21.1 Å². The number of rotatable bonds is 4. The van der Waals surface area contributed by atoms with E-state index in [0.29, 0.717) is 16.5 Å². The van der Waals surface area contributed by atoms with Crippen LogP contribution in [0.15, 0.2) is 30.5 Å². The topological polar surface area (TPSA) is 110 Å². The zero-order valence-electron chi connectivity index (χ0n) is 12.0. The van der Waals surface area contributed by atoms with Gasteiger partial charge in [0.15, 0.2) is 6.23 Å². The second-order valence-corrected chi connectivity index (χ2v) is 5.64. The third-order valence-electron chi connectivity index (χ3n) is 3.49. The largest absolute Gasteiger partial charge is 0.487 e. The molecule has 0 spiro atoms. The van der Waals surface area contributed by atoms with Gasteiger partial charge in [0.1, 0.15) is 36.4 Å².